The highest BCUT2D eigenvalue weighted by atomic mass is 16.5. The summed E-state index contributed by atoms with van der Waals surface area (Å²) in [6, 6.07) is 2.54. The first kappa shape index (κ1) is 17.9. The molecule has 1 saturated carbocycles. The second-order valence-electron chi connectivity index (χ2n) is 7.21. The largest absolute Gasteiger partial charge is 0.361 e. The van der Waals surface area contributed by atoms with Crippen LogP contribution in [0.2, 0.25) is 0 Å². The minimum absolute atomic E-state index is 0.00100. The summed E-state index contributed by atoms with van der Waals surface area (Å²) in [4.78, 5) is 17.0. The molecule has 0 aromatic carbocycles. The highest BCUT2D eigenvalue weighted by Crippen LogP contribution is 2.29. The van der Waals surface area contributed by atoms with Crippen LogP contribution in [-0.2, 0) is 6.42 Å². The van der Waals surface area contributed by atoms with Crippen molar-refractivity contribution < 1.29 is 9.32 Å². The van der Waals surface area contributed by atoms with Crippen molar-refractivity contribution in [2.24, 2.45) is 5.92 Å². The Labute approximate surface area is 149 Å². The molecule has 1 aromatic heterocycles. The van der Waals surface area contributed by atoms with Crippen LogP contribution in [0.1, 0.15) is 60.8 Å². The molecule has 1 atom stereocenters. The van der Waals surface area contributed by atoms with Gasteiger partial charge in [0.1, 0.15) is 17.4 Å². The molecule has 3 rings (SSSR count). The first-order valence-corrected chi connectivity index (χ1v) is 9.53. The maximum atomic E-state index is 12.9. The van der Waals surface area contributed by atoms with E-state index in [2.05, 4.69) is 16.1 Å². The summed E-state index contributed by atoms with van der Waals surface area (Å²) in [5.41, 5.74) is 1.36. The van der Waals surface area contributed by atoms with E-state index in [0.29, 0.717) is 36.8 Å². The van der Waals surface area contributed by atoms with Gasteiger partial charge in [0.15, 0.2) is 0 Å². The molecule has 1 amide bonds. The molecule has 6 heteroatoms. The van der Waals surface area contributed by atoms with Gasteiger partial charge >= 0.3 is 0 Å². The van der Waals surface area contributed by atoms with E-state index < -0.39 is 0 Å². The van der Waals surface area contributed by atoms with Crippen LogP contribution in [0.15, 0.2) is 4.52 Å². The van der Waals surface area contributed by atoms with Gasteiger partial charge in [0.05, 0.1) is 11.8 Å². The molecule has 2 fully saturated rings. The Bertz CT molecular complexity index is 634. The number of carbonyl (C=O) groups is 1. The highest BCUT2D eigenvalue weighted by molar-refractivity contribution is 5.96. The second-order valence-corrected chi connectivity index (χ2v) is 7.21. The van der Waals surface area contributed by atoms with Crippen LogP contribution in [0.4, 0.5) is 0 Å². The lowest BCUT2D eigenvalue weighted by Crippen LogP contribution is -2.53. The third-order valence-electron chi connectivity index (χ3n) is 5.71. The fourth-order valence-electron chi connectivity index (χ4n) is 4.23. The zero-order chi connectivity index (χ0) is 17.8. The number of rotatable bonds is 4. The number of piperazine rings is 1. The van der Waals surface area contributed by atoms with Crippen molar-refractivity contribution in [3.05, 3.63) is 17.0 Å². The van der Waals surface area contributed by atoms with Crippen molar-refractivity contribution in [1.29, 1.82) is 5.26 Å². The number of hydrogen-bond donors (Lipinski definition) is 0. The van der Waals surface area contributed by atoms with Gasteiger partial charge in [0.2, 0.25) is 0 Å². The number of nitriles is 1. The molecule has 0 radical (unpaired) electrons. The lowest BCUT2D eigenvalue weighted by atomic mass is 9.83. The molecule has 0 spiro atoms. The number of hydrogen-bond acceptors (Lipinski definition) is 5. The first-order chi connectivity index (χ1) is 12.2. The molecular formula is C19H28N4O2. The van der Waals surface area contributed by atoms with Gasteiger partial charge in [0, 0.05) is 26.2 Å². The van der Waals surface area contributed by atoms with Gasteiger partial charge in [-0.05, 0) is 32.1 Å². The molecule has 25 heavy (non-hydrogen) atoms. The Morgan fingerprint density at radius 1 is 1.28 bits per heavy atom. The summed E-state index contributed by atoms with van der Waals surface area (Å²) in [6.45, 7) is 6.64. The highest BCUT2D eigenvalue weighted by Gasteiger charge is 2.33. The monoisotopic (exact) mass is 344 g/mol. The zero-order valence-corrected chi connectivity index (χ0v) is 15.3. The molecule has 2 heterocycles. The third-order valence-corrected chi connectivity index (χ3v) is 5.71. The van der Waals surface area contributed by atoms with Crippen LogP contribution in [0.3, 0.4) is 0 Å². The number of aryl methyl sites for hydroxylation is 2. The van der Waals surface area contributed by atoms with Gasteiger partial charge in [-0.15, -0.1) is 0 Å². The van der Waals surface area contributed by atoms with Crippen molar-refractivity contribution >= 4 is 5.91 Å². The van der Waals surface area contributed by atoms with Crippen molar-refractivity contribution in [3.8, 4) is 6.07 Å². The van der Waals surface area contributed by atoms with E-state index in [4.69, 9.17) is 4.52 Å². The summed E-state index contributed by atoms with van der Waals surface area (Å²) in [7, 11) is 0. The topological polar surface area (TPSA) is 73.4 Å². The van der Waals surface area contributed by atoms with E-state index in [1.54, 1.807) is 6.92 Å². The Balaban J connectivity index is 1.62. The van der Waals surface area contributed by atoms with Crippen molar-refractivity contribution in [2.45, 2.75) is 58.4 Å². The summed E-state index contributed by atoms with van der Waals surface area (Å²) < 4.78 is 5.20. The Morgan fingerprint density at radius 3 is 2.56 bits per heavy atom. The fourth-order valence-corrected chi connectivity index (χ4v) is 4.23. The van der Waals surface area contributed by atoms with Crippen LogP contribution >= 0.6 is 0 Å². The molecule has 1 saturated heterocycles. The fraction of sp³-hybridized carbons (Fsp3) is 0.737. The van der Waals surface area contributed by atoms with Crippen LogP contribution in [0, 0.1) is 24.2 Å². The quantitative estimate of drug-likeness (QED) is 0.840. The minimum atomic E-state index is 0.00100. The summed E-state index contributed by atoms with van der Waals surface area (Å²) >= 11 is 0. The lowest BCUT2D eigenvalue weighted by Gasteiger charge is -2.40. The molecule has 1 aliphatic carbocycles. The summed E-state index contributed by atoms with van der Waals surface area (Å²) in [5, 5.41) is 13.7. The molecule has 1 aliphatic heterocycles. The molecule has 0 N–H and O–H groups in total. The van der Waals surface area contributed by atoms with Crippen LogP contribution in [0.25, 0.3) is 0 Å². The van der Waals surface area contributed by atoms with E-state index >= 15 is 0 Å². The average molecular weight is 344 g/mol. The van der Waals surface area contributed by atoms with Gasteiger partial charge in [0.25, 0.3) is 5.91 Å². The smallest absolute Gasteiger partial charge is 0.259 e. The molecule has 1 aromatic rings. The van der Waals surface area contributed by atoms with Gasteiger partial charge in [-0.2, -0.15) is 5.26 Å². The van der Waals surface area contributed by atoms with Gasteiger partial charge in [-0.25, -0.2) is 0 Å². The van der Waals surface area contributed by atoms with Gasteiger partial charge < -0.3 is 9.42 Å². The number of aromatic nitrogens is 1. The maximum Gasteiger partial charge on any atom is 0.259 e. The SMILES string of the molecule is CCc1noc(C)c1C(=O)N1CCN([C@@H](C#N)C2CCCCC2)CC1. The van der Waals surface area contributed by atoms with Crippen LogP contribution in [-0.4, -0.2) is 53.1 Å². The lowest BCUT2D eigenvalue weighted by molar-refractivity contribution is 0.0536. The molecule has 136 valence electrons. The van der Waals surface area contributed by atoms with Crippen molar-refractivity contribution in [2.75, 3.05) is 26.2 Å². The summed E-state index contributed by atoms with van der Waals surface area (Å²) in [6.07, 6.45) is 6.81. The van der Waals surface area contributed by atoms with Crippen molar-refractivity contribution in [3.63, 3.8) is 0 Å². The number of amides is 1. The Morgan fingerprint density at radius 2 is 1.96 bits per heavy atom. The predicted octanol–water partition coefficient (Wildman–Crippen LogP) is 2.78. The van der Waals surface area contributed by atoms with E-state index in [1.807, 2.05) is 11.8 Å². The third kappa shape index (κ3) is 3.72. The Kier molecular flexibility index (Phi) is 5.74. The predicted molar refractivity (Wildman–Crippen MR) is 94.1 cm³/mol. The van der Waals surface area contributed by atoms with Gasteiger partial charge in [-0.3, -0.25) is 9.69 Å². The van der Waals surface area contributed by atoms with Gasteiger partial charge in [-0.1, -0.05) is 31.3 Å². The zero-order valence-electron chi connectivity index (χ0n) is 15.3. The van der Waals surface area contributed by atoms with Crippen molar-refractivity contribution in [1.82, 2.24) is 15.0 Å². The second kappa shape index (κ2) is 8.01. The van der Waals surface area contributed by atoms with E-state index in [0.717, 1.165) is 31.6 Å². The molecule has 0 unspecified atom stereocenters. The molecule has 6 nitrogen and oxygen atoms in total. The number of nitrogens with zero attached hydrogens (tertiary/aromatic N) is 4. The maximum absolute atomic E-state index is 12.9. The first-order valence-electron chi connectivity index (χ1n) is 9.53. The average Bonchev–Trinajstić information content (AvgIpc) is 3.04. The van der Waals surface area contributed by atoms with E-state index in [1.165, 1.54) is 19.3 Å². The van der Waals surface area contributed by atoms with Crippen LogP contribution in [0.5, 0.6) is 0 Å². The number of carbonyl (C=O) groups excluding carboxylic acids is 1. The molecular weight excluding hydrogens is 316 g/mol. The normalized spacial score (nSPS) is 21.1. The minimum Gasteiger partial charge on any atom is -0.361 e. The Hall–Kier alpha value is -1.87. The summed E-state index contributed by atoms with van der Waals surface area (Å²) in [5.74, 6) is 1.11. The van der Waals surface area contributed by atoms with E-state index in [9.17, 15) is 10.1 Å². The van der Waals surface area contributed by atoms with E-state index in [-0.39, 0.29) is 11.9 Å². The standard InChI is InChI=1S/C19H28N4O2/c1-3-16-18(14(2)25-21-16)19(24)23-11-9-22(10-12-23)17(13-20)15-7-5-4-6-8-15/h15,17H,3-12H2,1-2H3/t17-/m0/s1. The molecule has 0 bridgehead atoms. The molecule has 2 aliphatic rings. The van der Waals surface area contributed by atoms with Crippen LogP contribution < -0.4 is 0 Å².